The Kier molecular flexibility index (Phi) is 5.19. The third-order valence-corrected chi connectivity index (χ3v) is 7.57. The summed E-state index contributed by atoms with van der Waals surface area (Å²) in [5.41, 5.74) is 4.29. The summed E-state index contributed by atoms with van der Waals surface area (Å²) in [6.45, 7) is 0.478. The molecule has 11 heteroatoms. The molecule has 0 radical (unpaired) electrons. The largest absolute Gasteiger partial charge is 0.310 e. The van der Waals surface area contributed by atoms with Gasteiger partial charge in [-0.05, 0) is 55.0 Å². The van der Waals surface area contributed by atoms with Gasteiger partial charge in [0, 0.05) is 53.3 Å². The molecule has 0 bridgehead atoms. The highest BCUT2D eigenvalue weighted by molar-refractivity contribution is 6.30. The average molecular weight is 528 g/mol. The number of aromatic nitrogens is 5. The van der Waals surface area contributed by atoms with Crippen LogP contribution in [0.15, 0.2) is 61.2 Å². The summed E-state index contributed by atoms with van der Waals surface area (Å²) in [5.74, 6) is 0.205. The normalized spacial score (nSPS) is 18.7. The molecule has 190 valence electrons. The molecule has 2 atom stereocenters. The molecule has 4 aromatic heterocycles. The fourth-order valence-corrected chi connectivity index (χ4v) is 5.34. The summed E-state index contributed by atoms with van der Waals surface area (Å²) in [6, 6.07) is 10.4. The van der Waals surface area contributed by atoms with E-state index in [9.17, 15) is 14.9 Å². The number of halogens is 1. The lowest BCUT2D eigenvalue weighted by atomic mass is 10.1. The molecule has 2 aliphatic carbocycles. The first-order valence-corrected chi connectivity index (χ1v) is 12.8. The number of amides is 1. The van der Waals surface area contributed by atoms with Gasteiger partial charge in [0.2, 0.25) is 5.91 Å². The summed E-state index contributed by atoms with van der Waals surface area (Å²) in [7, 11) is 0. The van der Waals surface area contributed by atoms with Crippen LogP contribution in [0.3, 0.4) is 0 Å². The monoisotopic (exact) mass is 527 g/mol. The fourth-order valence-electron chi connectivity index (χ4n) is 5.16. The van der Waals surface area contributed by atoms with Crippen molar-refractivity contribution >= 4 is 45.6 Å². The van der Waals surface area contributed by atoms with Crippen LogP contribution in [0.2, 0.25) is 5.02 Å². The number of nitrogens with zero attached hydrogens (tertiary/aromatic N) is 6. The molecule has 1 aromatic carbocycles. The molecular formula is C27H22ClN7O3. The molecule has 2 fully saturated rings. The maximum absolute atomic E-state index is 13.1. The van der Waals surface area contributed by atoms with Crippen molar-refractivity contribution in [1.29, 1.82) is 0 Å². The van der Waals surface area contributed by atoms with Crippen LogP contribution in [0.4, 0.5) is 11.5 Å². The average Bonchev–Trinajstić information content (AvgIpc) is 3.81. The number of pyridine rings is 2. The molecule has 0 unspecified atom stereocenters. The zero-order valence-electron chi connectivity index (χ0n) is 20.1. The van der Waals surface area contributed by atoms with Gasteiger partial charge in [-0.3, -0.25) is 19.6 Å². The summed E-state index contributed by atoms with van der Waals surface area (Å²) >= 11 is 6.07. The first-order chi connectivity index (χ1) is 18.4. The van der Waals surface area contributed by atoms with E-state index in [0.717, 1.165) is 11.3 Å². The van der Waals surface area contributed by atoms with Gasteiger partial charge in [-0.15, -0.1) is 0 Å². The topological polar surface area (TPSA) is 120 Å². The number of hydrogen-bond donors (Lipinski definition) is 1. The Morgan fingerprint density at radius 3 is 2.84 bits per heavy atom. The van der Waals surface area contributed by atoms with E-state index in [-0.39, 0.29) is 17.5 Å². The Bertz CT molecular complexity index is 1760. The van der Waals surface area contributed by atoms with Gasteiger partial charge >= 0.3 is 0 Å². The van der Waals surface area contributed by atoms with E-state index >= 15 is 0 Å². The van der Waals surface area contributed by atoms with Gasteiger partial charge in [0.05, 0.1) is 28.1 Å². The van der Waals surface area contributed by atoms with Gasteiger partial charge in [0.25, 0.3) is 5.69 Å². The lowest BCUT2D eigenvalue weighted by Gasteiger charge is -2.06. The van der Waals surface area contributed by atoms with E-state index in [1.807, 2.05) is 12.4 Å². The van der Waals surface area contributed by atoms with Gasteiger partial charge < -0.3 is 9.72 Å². The first-order valence-electron chi connectivity index (χ1n) is 12.5. The van der Waals surface area contributed by atoms with Crippen molar-refractivity contribution in [2.75, 3.05) is 5.32 Å². The molecule has 1 amide bonds. The number of nitro benzene ring substituents is 1. The molecule has 0 aliphatic heterocycles. The van der Waals surface area contributed by atoms with E-state index in [4.69, 9.17) is 16.6 Å². The third-order valence-electron chi connectivity index (χ3n) is 7.33. The van der Waals surface area contributed by atoms with Gasteiger partial charge in [0.1, 0.15) is 11.5 Å². The number of imidazole rings is 1. The molecule has 2 aliphatic rings. The van der Waals surface area contributed by atoms with Crippen molar-refractivity contribution in [2.45, 2.75) is 37.6 Å². The number of hydrogen-bond acceptors (Lipinski definition) is 6. The Labute approximate surface area is 221 Å². The van der Waals surface area contributed by atoms with Crippen LogP contribution in [-0.4, -0.2) is 35.0 Å². The minimum Gasteiger partial charge on any atom is -0.310 e. The number of rotatable bonds is 7. The highest BCUT2D eigenvalue weighted by Gasteiger charge is 2.47. The van der Waals surface area contributed by atoms with E-state index in [2.05, 4.69) is 38.1 Å². The zero-order valence-corrected chi connectivity index (χ0v) is 20.9. The first kappa shape index (κ1) is 22.9. The van der Waals surface area contributed by atoms with Gasteiger partial charge in [-0.2, -0.15) is 5.10 Å². The number of carbonyl (C=O) groups is 1. The second-order valence-corrected chi connectivity index (χ2v) is 10.5. The standard InChI is InChI=1S/C27H22ClN7O3/c28-17-4-5-24(35(37)38)20(9-17)19-10-21(19)27(36)31-26-22-14-34(32-23(22)7-8-29-26)13-18-12-33-11-16(15-1-2-15)3-6-25(33)30-18/h3-9,11-12,14-15,19,21H,1-2,10,13H2,(H,29,31,36)/t19-,21+/m1/s1. The Morgan fingerprint density at radius 1 is 1.16 bits per heavy atom. The van der Waals surface area contributed by atoms with Crippen LogP contribution < -0.4 is 5.32 Å². The second kappa shape index (κ2) is 8.63. The molecule has 10 nitrogen and oxygen atoms in total. The van der Waals surface area contributed by atoms with Gasteiger partial charge in [0.15, 0.2) is 0 Å². The predicted molar refractivity (Wildman–Crippen MR) is 141 cm³/mol. The Morgan fingerprint density at radius 2 is 2.03 bits per heavy atom. The molecule has 7 rings (SSSR count). The van der Waals surface area contributed by atoms with Crippen LogP contribution in [0.1, 0.15) is 47.9 Å². The maximum Gasteiger partial charge on any atom is 0.272 e. The zero-order chi connectivity index (χ0) is 26.0. The number of benzene rings is 1. The molecule has 5 aromatic rings. The van der Waals surface area contributed by atoms with Crippen molar-refractivity contribution in [3.8, 4) is 0 Å². The van der Waals surface area contributed by atoms with E-state index in [0.29, 0.717) is 46.2 Å². The number of fused-ring (bicyclic) bond motifs is 2. The lowest BCUT2D eigenvalue weighted by molar-refractivity contribution is -0.385. The van der Waals surface area contributed by atoms with E-state index in [1.54, 1.807) is 23.0 Å². The smallest absolute Gasteiger partial charge is 0.272 e. The van der Waals surface area contributed by atoms with E-state index in [1.165, 1.54) is 30.5 Å². The maximum atomic E-state index is 13.1. The third kappa shape index (κ3) is 4.16. The minimum atomic E-state index is -0.440. The molecule has 0 spiro atoms. The SMILES string of the molecule is O=C(Nc1nccc2nn(Cc3cn4cc(C5CC5)ccc4n3)cc12)[C@H]1C[C@@H]1c1cc(Cl)ccc1[N+](=O)[O-]. The van der Waals surface area contributed by atoms with Crippen LogP contribution in [0.5, 0.6) is 0 Å². The molecule has 2 saturated carbocycles. The van der Waals surface area contributed by atoms with Crippen molar-refractivity contribution < 1.29 is 9.72 Å². The lowest BCUT2D eigenvalue weighted by Crippen LogP contribution is -2.15. The minimum absolute atomic E-state index is 0.0214. The number of anilines is 1. The number of carbonyl (C=O) groups excluding carboxylic acids is 1. The van der Waals surface area contributed by atoms with Crippen molar-refractivity contribution in [3.63, 3.8) is 0 Å². The molecule has 0 saturated heterocycles. The summed E-state index contributed by atoms with van der Waals surface area (Å²) in [4.78, 5) is 33.1. The van der Waals surface area contributed by atoms with Crippen LogP contribution in [0.25, 0.3) is 16.6 Å². The summed E-state index contributed by atoms with van der Waals surface area (Å²) in [5, 5.41) is 20.1. The summed E-state index contributed by atoms with van der Waals surface area (Å²) in [6.07, 6.45) is 10.7. The van der Waals surface area contributed by atoms with Crippen molar-refractivity contribution in [1.82, 2.24) is 24.1 Å². The van der Waals surface area contributed by atoms with Crippen molar-refractivity contribution in [3.05, 3.63) is 93.1 Å². The number of nitrogens with one attached hydrogen (secondary N) is 1. The molecular weight excluding hydrogens is 506 g/mol. The highest BCUT2D eigenvalue weighted by Crippen LogP contribution is 2.51. The molecule has 38 heavy (non-hydrogen) atoms. The highest BCUT2D eigenvalue weighted by atomic mass is 35.5. The molecule has 4 heterocycles. The van der Waals surface area contributed by atoms with Crippen LogP contribution >= 0.6 is 11.6 Å². The Hall–Kier alpha value is -4.31. The van der Waals surface area contributed by atoms with Gasteiger partial charge in [-0.25, -0.2) is 9.97 Å². The number of nitro groups is 1. The van der Waals surface area contributed by atoms with Crippen LogP contribution in [-0.2, 0) is 11.3 Å². The van der Waals surface area contributed by atoms with Gasteiger partial charge in [-0.1, -0.05) is 17.7 Å². The van der Waals surface area contributed by atoms with E-state index < -0.39 is 10.8 Å². The quantitative estimate of drug-likeness (QED) is 0.226. The van der Waals surface area contributed by atoms with Crippen molar-refractivity contribution in [2.24, 2.45) is 5.92 Å². The fraction of sp³-hybridized carbons (Fsp3) is 0.259. The predicted octanol–water partition coefficient (Wildman–Crippen LogP) is 5.31. The summed E-state index contributed by atoms with van der Waals surface area (Å²) < 4.78 is 3.86. The Balaban J connectivity index is 1.09. The van der Waals surface area contributed by atoms with Crippen LogP contribution in [0, 0.1) is 16.0 Å². The molecule has 1 N–H and O–H groups in total. The second-order valence-electron chi connectivity index (χ2n) is 10.1.